The fourth-order valence-electron chi connectivity index (χ4n) is 4.19. The maximum atomic E-state index is 13.2. The number of anilines is 1. The van der Waals surface area contributed by atoms with Crippen LogP contribution in [0.5, 0.6) is 0 Å². The van der Waals surface area contributed by atoms with E-state index < -0.39 is 10.3 Å². The third kappa shape index (κ3) is 3.93. The number of fused-ring (bicyclic) bond motifs is 1. The predicted octanol–water partition coefficient (Wildman–Crippen LogP) is 2.88. The first-order valence-electron chi connectivity index (χ1n) is 9.34. The summed E-state index contributed by atoms with van der Waals surface area (Å²) >= 11 is 0. The molecule has 1 spiro atoms. The van der Waals surface area contributed by atoms with Crippen molar-refractivity contribution in [2.75, 3.05) is 18.0 Å². The van der Waals surface area contributed by atoms with Gasteiger partial charge in [-0.1, -0.05) is 12.1 Å². The van der Waals surface area contributed by atoms with Gasteiger partial charge in [0.1, 0.15) is 0 Å². The Kier molecular flexibility index (Phi) is 6.10. The van der Waals surface area contributed by atoms with E-state index in [-0.39, 0.29) is 36.1 Å². The smallest absolute Gasteiger partial charge is 0.269 e. The molecular weight excluding hydrogens is 409 g/mol. The molecule has 2 aromatic carbocycles. The van der Waals surface area contributed by atoms with Crippen LogP contribution in [0.25, 0.3) is 0 Å². The van der Waals surface area contributed by atoms with E-state index in [1.165, 1.54) is 24.3 Å². The SMILES string of the molecule is O=C(c1ccc([N+](=O)[O-])cc1)N1CCC2(CCCNC2=O)Cc2c[c-]ccc21.[V]. The van der Waals surface area contributed by atoms with Crippen molar-refractivity contribution in [1.29, 1.82) is 0 Å². The molecular formula is C21H20N3O4V-. The monoisotopic (exact) mass is 429 g/mol. The zero-order chi connectivity index (χ0) is 19.7. The molecule has 1 N–H and O–H groups in total. The number of nitrogens with zero attached hydrogens (tertiary/aromatic N) is 2. The third-order valence-corrected chi connectivity index (χ3v) is 5.73. The summed E-state index contributed by atoms with van der Waals surface area (Å²) in [5.41, 5.74) is 1.52. The Hall–Kier alpha value is -2.64. The topological polar surface area (TPSA) is 92.5 Å². The number of nitro groups is 1. The number of piperidine rings is 1. The number of benzene rings is 2. The number of rotatable bonds is 2. The Morgan fingerprint density at radius 1 is 1.21 bits per heavy atom. The van der Waals surface area contributed by atoms with E-state index in [0.29, 0.717) is 31.5 Å². The Labute approximate surface area is 180 Å². The van der Waals surface area contributed by atoms with Crippen LogP contribution in [0.2, 0.25) is 0 Å². The largest absolute Gasteiger partial charge is 0.356 e. The van der Waals surface area contributed by atoms with Crippen LogP contribution in [0.15, 0.2) is 42.5 Å². The minimum Gasteiger partial charge on any atom is -0.356 e. The molecule has 1 saturated heterocycles. The number of carbonyl (C=O) groups excluding carboxylic acids is 2. The molecule has 7 nitrogen and oxygen atoms in total. The van der Waals surface area contributed by atoms with Crippen molar-refractivity contribution in [3.05, 3.63) is 69.8 Å². The second kappa shape index (κ2) is 8.39. The summed E-state index contributed by atoms with van der Waals surface area (Å²) in [6, 6.07) is 14.1. The summed E-state index contributed by atoms with van der Waals surface area (Å²) in [5.74, 6) is -0.172. The van der Waals surface area contributed by atoms with Gasteiger partial charge in [-0.05, 0) is 31.4 Å². The Balaban J connectivity index is 0.00000240. The van der Waals surface area contributed by atoms with Crippen LogP contribution in [0.1, 0.15) is 35.2 Å². The quantitative estimate of drug-likeness (QED) is 0.452. The molecule has 1 radical (unpaired) electrons. The molecule has 0 bridgehead atoms. The molecule has 0 aliphatic carbocycles. The minimum atomic E-state index is -0.507. The number of hydrogen-bond donors (Lipinski definition) is 1. The summed E-state index contributed by atoms with van der Waals surface area (Å²) in [4.78, 5) is 37.9. The number of non-ortho nitro benzene ring substituents is 1. The molecule has 29 heavy (non-hydrogen) atoms. The zero-order valence-corrected chi connectivity index (χ0v) is 17.2. The van der Waals surface area contributed by atoms with Gasteiger partial charge in [-0.25, -0.2) is 0 Å². The minimum absolute atomic E-state index is 0. The van der Waals surface area contributed by atoms with Gasteiger partial charge in [0.05, 0.1) is 4.92 Å². The Morgan fingerprint density at radius 2 is 1.97 bits per heavy atom. The van der Waals surface area contributed by atoms with E-state index >= 15 is 0 Å². The summed E-state index contributed by atoms with van der Waals surface area (Å²) in [6.07, 6.45) is 2.88. The average Bonchev–Trinajstić information content (AvgIpc) is 2.87. The number of nitrogens with one attached hydrogen (secondary N) is 1. The van der Waals surface area contributed by atoms with E-state index in [2.05, 4.69) is 11.4 Å². The van der Waals surface area contributed by atoms with Crippen molar-refractivity contribution in [2.24, 2.45) is 5.41 Å². The molecule has 2 aliphatic heterocycles. The first-order chi connectivity index (χ1) is 13.5. The van der Waals surface area contributed by atoms with Gasteiger partial charge in [0.25, 0.3) is 11.6 Å². The Bertz CT molecular complexity index is 947. The number of carbonyl (C=O) groups is 2. The normalized spacial score (nSPS) is 20.8. The third-order valence-electron chi connectivity index (χ3n) is 5.73. The molecule has 2 aromatic rings. The van der Waals surface area contributed by atoms with Crippen LogP contribution in [0.4, 0.5) is 11.4 Å². The molecule has 8 heteroatoms. The van der Waals surface area contributed by atoms with Gasteiger partial charge < -0.3 is 10.2 Å². The van der Waals surface area contributed by atoms with Crippen molar-refractivity contribution in [3.63, 3.8) is 0 Å². The first-order valence-corrected chi connectivity index (χ1v) is 9.34. The molecule has 0 aromatic heterocycles. The van der Waals surface area contributed by atoms with Crippen LogP contribution in [0.3, 0.4) is 0 Å². The van der Waals surface area contributed by atoms with Crippen LogP contribution in [-0.4, -0.2) is 29.8 Å². The van der Waals surface area contributed by atoms with Gasteiger partial charge in [-0.2, -0.15) is 18.2 Å². The van der Waals surface area contributed by atoms with Crippen molar-refractivity contribution < 1.29 is 33.1 Å². The summed E-state index contributed by atoms with van der Waals surface area (Å²) in [6.45, 7) is 1.11. The predicted molar refractivity (Wildman–Crippen MR) is 103 cm³/mol. The first kappa shape index (κ1) is 21.1. The van der Waals surface area contributed by atoms with Crippen molar-refractivity contribution in [2.45, 2.75) is 25.7 Å². The molecule has 1 fully saturated rings. The van der Waals surface area contributed by atoms with E-state index in [1.807, 2.05) is 12.1 Å². The molecule has 2 heterocycles. The second-order valence-electron chi connectivity index (χ2n) is 7.38. The maximum absolute atomic E-state index is 13.2. The molecule has 149 valence electrons. The van der Waals surface area contributed by atoms with Gasteiger partial charge >= 0.3 is 0 Å². The molecule has 2 amide bonds. The van der Waals surface area contributed by atoms with Crippen molar-refractivity contribution in [1.82, 2.24) is 5.32 Å². The molecule has 1 unspecified atom stereocenters. The zero-order valence-electron chi connectivity index (χ0n) is 15.8. The van der Waals surface area contributed by atoms with Crippen LogP contribution >= 0.6 is 0 Å². The van der Waals surface area contributed by atoms with Crippen molar-refractivity contribution in [3.8, 4) is 0 Å². The standard InChI is InChI=1S/C21H20N3O4.V/c25-19(15-6-8-17(9-7-15)24(27)28)23-13-11-21(10-3-12-22-20(21)26)14-16-4-1-2-5-18(16)23;/h2,4-9H,3,10-14H2,(H,22,26);/q-1;. The Morgan fingerprint density at radius 3 is 2.66 bits per heavy atom. The van der Waals surface area contributed by atoms with Crippen LogP contribution < -0.4 is 10.2 Å². The van der Waals surface area contributed by atoms with E-state index in [0.717, 1.165) is 24.1 Å². The number of amides is 2. The van der Waals surface area contributed by atoms with E-state index in [9.17, 15) is 19.7 Å². The molecule has 0 saturated carbocycles. The molecule has 4 rings (SSSR count). The number of nitro benzene ring substituents is 1. The van der Waals surface area contributed by atoms with Crippen LogP contribution in [0, 0.1) is 21.6 Å². The number of hydrogen-bond acceptors (Lipinski definition) is 4. The van der Waals surface area contributed by atoms with E-state index in [4.69, 9.17) is 0 Å². The maximum Gasteiger partial charge on any atom is 0.269 e. The average molecular weight is 429 g/mol. The summed E-state index contributed by atoms with van der Waals surface area (Å²) in [5, 5.41) is 13.8. The van der Waals surface area contributed by atoms with Crippen molar-refractivity contribution >= 4 is 23.2 Å². The second-order valence-corrected chi connectivity index (χ2v) is 7.38. The summed E-state index contributed by atoms with van der Waals surface area (Å²) in [7, 11) is 0. The van der Waals surface area contributed by atoms with Crippen LogP contribution in [-0.2, 0) is 29.8 Å². The van der Waals surface area contributed by atoms with Gasteiger partial charge in [0.2, 0.25) is 5.91 Å². The van der Waals surface area contributed by atoms with Gasteiger partial charge in [0, 0.05) is 54.8 Å². The molecule has 1 atom stereocenters. The van der Waals surface area contributed by atoms with Gasteiger partial charge in [-0.3, -0.25) is 19.7 Å². The van der Waals surface area contributed by atoms with Gasteiger partial charge in [-0.15, -0.1) is 11.6 Å². The van der Waals surface area contributed by atoms with E-state index in [1.54, 1.807) is 11.0 Å². The molecule has 2 aliphatic rings. The fraction of sp³-hybridized carbons (Fsp3) is 0.333. The van der Waals surface area contributed by atoms with Gasteiger partial charge in [0.15, 0.2) is 0 Å². The fourth-order valence-corrected chi connectivity index (χ4v) is 4.19. The summed E-state index contributed by atoms with van der Waals surface area (Å²) < 4.78 is 0.